The molecule has 0 aromatic carbocycles. The highest BCUT2D eigenvalue weighted by molar-refractivity contribution is 5.98. The lowest BCUT2D eigenvalue weighted by Crippen LogP contribution is -2.47. The van der Waals surface area contributed by atoms with Crippen LogP contribution in [0.25, 0.3) is 0 Å². The Bertz CT molecular complexity index is 608. The maximum Gasteiger partial charge on any atom is 0.318 e. The van der Waals surface area contributed by atoms with Crippen LogP contribution in [-0.2, 0) is 19.1 Å². The van der Waals surface area contributed by atoms with Crippen LogP contribution in [0.3, 0.4) is 0 Å². The number of esters is 1. The summed E-state index contributed by atoms with van der Waals surface area (Å²) in [6, 6.07) is 0. The Kier molecular flexibility index (Phi) is 2.50. The van der Waals surface area contributed by atoms with Crippen molar-refractivity contribution in [3.63, 3.8) is 0 Å². The van der Waals surface area contributed by atoms with Gasteiger partial charge in [-0.3, -0.25) is 9.59 Å². The van der Waals surface area contributed by atoms with Gasteiger partial charge in [0.1, 0.15) is 11.5 Å². The van der Waals surface area contributed by atoms with Gasteiger partial charge >= 0.3 is 5.97 Å². The monoisotopic (exact) mass is 306 g/mol. The van der Waals surface area contributed by atoms with Crippen LogP contribution in [0, 0.1) is 28.6 Å². The molecule has 0 amide bonds. The Labute approximate surface area is 129 Å². The zero-order valence-corrected chi connectivity index (χ0v) is 13.3. The van der Waals surface area contributed by atoms with Crippen LogP contribution in [-0.4, -0.2) is 34.9 Å². The summed E-state index contributed by atoms with van der Waals surface area (Å²) in [5, 5.41) is 10.8. The predicted octanol–water partition coefficient (Wildman–Crippen LogP) is 1.44. The molecule has 3 fully saturated rings. The number of rotatable bonds is 0. The van der Waals surface area contributed by atoms with Crippen molar-refractivity contribution >= 4 is 11.8 Å². The maximum atomic E-state index is 12.6. The minimum atomic E-state index is -1.62. The summed E-state index contributed by atoms with van der Waals surface area (Å²) in [5.41, 5.74) is -1.86. The van der Waals surface area contributed by atoms with Gasteiger partial charge in [0.2, 0.25) is 0 Å². The van der Waals surface area contributed by atoms with Crippen LogP contribution >= 0.6 is 0 Å². The number of ketones is 1. The maximum absolute atomic E-state index is 12.6. The van der Waals surface area contributed by atoms with Gasteiger partial charge in [-0.2, -0.15) is 0 Å². The molecule has 0 spiro atoms. The molecule has 2 aliphatic heterocycles. The Morgan fingerprint density at radius 2 is 1.95 bits per heavy atom. The molecule has 4 aliphatic rings. The summed E-state index contributed by atoms with van der Waals surface area (Å²) in [7, 11) is 0. The van der Waals surface area contributed by atoms with E-state index >= 15 is 0 Å². The first kappa shape index (κ1) is 14.4. The fourth-order valence-corrected chi connectivity index (χ4v) is 5.33. The average Bonchev–Trinajstić information content (AvgIpc) is 2.91. The van der Waals surface area contributed by atoms with Gasteiger partial charge in [-0.05, 0) is 45.1 Å². The quantitative estimate of drug-likeness (QED) is 0.686. The van der Waals surface area contributed by atoms with Gasteiger partial charge in [0.25, 0.3) is 0 Å². The molecule has 0 radical (unpaired) electrons. The van der Waals surface area contributed by atoms with Gasteiger partial charge < -0.3 is 14.6 Å². The summed E-state index contributed by atoms with van der Waals surface area (Å²) in [6.45, 7) is 7.23. The van der Waals surface area contributed by atoms with E-state index in [1.54, 1.807) is 13.0 Å². The van der Waals surface area contributed by atoms with Crippen LogP contribution < -0.4 is 0 Å². The van der Waals surface area contributed by atoms with Crippen molar-refractivity contribution in [1.29, 1.82) is 0 Å². The van der Waals surface area contributed by atoms with Gasteiger partial charge in [0, 0.05) is 5.92 Å². The molecule has 4 rings (SSSR count). The van der Waals surface area contributed by atoms with Crippen molar-refractivity contribution in [2.75, 3.05) is 0 Å². The molecule has 2 aliphatic carbocycles. The third-order valence-electron chi connectivity index (χ3n) is 6.88. The molecule has 120 valence electrons. The van der Waals surface area contributed by atoms with E-state index in [2.05, 4.69) is 6.92 Å². The number of fused-ring (bicyclic) bond motifs is 2. The molecular formula is C17H22O5. The molecule has 22 heavy (non-hydrogen) atoms. The van der Waals surface area contributed by atoms with Crippen molar-refractivity contribution in [1.82, 2.24) is 0 Å². The molecule has 0 aromatic heterocycles. The smallest absolute Gasteiger partial charge is 0.318 e. The van der Waals surface area contributed by atoms with E-state index in [0.29, 0.717) is 6.42 Å². The highest BCUT2D eigenvalue weighted by Gasteiger charge is 2.76. The van der Waals surface area contributed by atoms with Crippen molar-refractivity contribution in [3.05, 3.63) is 12.2 Å². The van der Waals surface area contributed by atoms with E-state index in [4.69, 9.17) is 9.47 Å². The normalized spacial score (nSPS) is 59.2. The van der Waals surface area contributed by atoms with Crippen molar-refractivity contribution < 1.29 is 24.2 Å². The Hall–Kier alpha value is -1.20. The van der Waals surface area contributed by atoms with Crippen LogP contribution in [0.5, 0.6) is 0 Å². The second-order valence-corrected chi connectivity index (χ2v) is 7.94. The number of allylic oxidation sites excluding steroid dienone is 2. The summed E-state index contributed by atoms with van der Waals surface area (Å²) >= 11 is 0. The molecule has 5 heteroatoms. The zero-order chi connectivity index (χ0) is 16.1. The summed E-state index contributed by atoms with van der Waals surface area (Å²) in [6.07, 6.45) is 3.48. The van der Waals surface area contributed by atoms with Crippen molar-refractivity contribution in [3.8, 4) is 0 Å². The zero-order valence-electron chi connectivity index (χ0n) is 13.3. The van der Waals surface area contributed by atoms with Crippen LogP contribution in [0.15, 0.2) is 12.2 Å². The van der Waals surface area contributed by atoms with Crippen molar-refractivity contribution in [2.24, 2.45) is 28.6 Å². The van der Waals surface area contributed by atoms with Gasteiger partial charge in [0.15, 0.2) is 11.6 Å². The minimum absolute atomic E-state index is 0.0226. The number of carbonyl (C=O) groups excluding carboxylic acids is 2. The van der Waals surface area contributed by atoms with E-state index in [-0.39, 0.29) is 29.6 Å². The molecule has 2 heterocycles. The molecule has 1 saturated carbocycles. The number of hydrogen-bond acceptors (Lipinski definition) is 5. The largest absolute Gasteiger partial charge is 0.461 e. The number of carbonyl (C=O) groups is 2. The van der Waals surface area contributed by atoms with Gasteiger partial charge in [0.05, 0.1) is 11.5 Å². The highest BCUT2D eigenvalue weighted by atomic mass is 16.7. The standard InChI is InChI=1S/C17H22O5/c1-8-7-10-12-13(15(2)9(8)5-6-11(15)18)22-17(4,20)16(12,3)14(19)21-10/h5-6,8-10,12-13,20H,7H2,1-4H3/t8-,9+,10+,12-,13-,15+,16+,17?/m1/s1. The Morgan fingerprint density at radius 3 is 2.64 bits per heavy atom. The molecule has 8 atom stereocenters. The van der Waals surface area contributed by atoms with E-state index in [1.165, 1.54) is 6.92 Å². The fraction of sp³-hybridized carbons (Fsp3) is 0.765. The molecule has 1 N–H and O–H groups in total. The first-order valence-electron chi connectivity index (χ1n) is 7.98. The lowest BCUT2D eigenvalue weighted by molar-refractivity contribution is -0.239. The minimum Gasteiger partial charge on any atom is -0.461 e. The highest BCUT2D eigenvalue weighted by Crippen LogP contribution is 2.64. The van der Waals surface area contributed by atoms with Gasteiger partial charge in [-0.1, -0.05) is 13.0 Å². The molecule has 2 saturated heterocycles. The summed E-state index contributed by atoms with van der Waals surface area (Å²) in [4.78, 5) is 25.1. The topological polar surface area (TPSA) is 72.8 Å². The fourth-order valence-electron chi connectivity index (χ4n) is 5.33. The lowest BCUT2D eigenvalue weighted by atomic mass is 9.64. The molecule has 0 aromatic rings. The third kappa shape index (κ3) is 1.30. The molecule has 1 unspecified atom stereocenters. The van der Waals surface area contributed by atoms with E-state index in [9.17, 15) is 14.7 Å². The van der Waals surface area contributed by atoms with Gasteiger partial charge in [-0.15, -0.1) is 0 Å². The number of hydrogen-bond donors (Lipinski definition) is 1. The Morgan fingerprint density at radius 1 is 1.27 bits per heavy atom. The average molecular weight is 306 g/mol. The second-order valence-electron chi connectivity index (χ2n) is 7.94. The SMILES string of the molecule is C[C@@H]1C[C@@H]2OC(=O)[C@]3(C)[C@H]2[C@@H](OC3(C)O)[C@]2(C)C(=O)C=C[C@@H]12. The first-order valence-corrected chi connectivity index (χ1v) is 7.98. The van der Waals surface area contributed by atoms with E-state index in [0.717, 1.165) is 0 Å². The predicted molar refractivity (Wildman–Crippen MR) is 76.5 cm³/mol. The molecule has 0 bridgehead atoms. The first-order chi connectivity index (χ1) is 10.1. The number of aliphatic hydroxyl groups is 1. The van der Waals surface area contributed by atoms with E-state index < -0.39 is 28.7 Å². The van der Waals surface area contributed by atoms with Crippen LogP contribution in [0.2, 0.25) is 0 Å². The van der Waals surface area contributed by atoms with Crippen LogP contribution in [0.4, 0.5) is 0 Å². The second kappa shape index (κ2) is 3.82. The lowest BCUT2D eigenvalue weighted by Gasteiger charge is -2.37. The van der Waals surface area contributed by atoms with Crippen LogP contribution in [0.1, 0.15) is 34.1 Å². The molecular weight excluding hydrogens is 284 g/mol. The summed E-state index contributed by atoms with van der Waals surface area (Å²) < 4.78 is 11.6. The Balaban J connectivity index is 1.92. The van der Waals surface area contributed by atoms with E-state index in [1.807, 2.05) is 13.0 Å². The van der Waals surface area contributed by atoms with Gasteiger partial charge in [-0.25, -0.2) is 0 Å². The molecule has 5 nitrogen and oxygen atoms in total. The number of ether oxygens (including phenoxy) is 2. The third-order valence-corrected chi connectivity index (χ3v) is 6.88. The van der Waals surface area contributed by atoms with Crippen molar-refractivity contribution in [2.45, 2.75) is 52.1 Å². The summed E-state index contributed by atoms with van der Waals surface area (Å²) in [5.74, 6) is -2.04.